The maximum absolute atomic E-state index is 11.5. The summed E-state index contributed by atoms with van der Waals surface area (Å²) in [7, 11) is -7.62. The lowest BCUT2D eigenvalue weighted by atomic mass is 10.2. The molecule has 2 N–H and O–H groups in total. The van der Waals surface area contributed by atoms with E-state index < -0.39 is 24.9 Å². The summed E-state index contributed by atoms with van der Waals surface area (Å²) in [4.78, 5) is 0. The molecule has 6 nitrogen and oxygen atoms in total. The first kappa shape index (κ1) is 13.8. The molecule has 0 saturated heterocycles. The number of phenolic OH excluding ortho intramolecular Hbond substituents is 1. The van der Waals surface area contributed by atoms with E-state index in [2.05, 4.69) is 4.72 Å². The molecule has 0 radical (unpaired) electrons. The average Bonchev–Trinajstić information content (AvgIpc) is 2.08. The van der Waals surface area contributed by atoms with Crippen molar-refractivity contribution in [2.24, 2.45) is 0 Å². The number of rotatable bonds is 4. The number of hydrogen-bond acceptors (Lipinski definition) is 5. The van der Waals surface area contributed by atoms with E-state index in [-0.39, 0.29) is 11.4 Å². The molecule has 8 heteroatoms. The summed E-state index contributed by atoms with van der Waals surface area (Å²) < 4.78 is 47.0. The van der Waals surface area contributed by atoms with Crippen LogP contribution in [-0.2, 0) is 19.9 Å². The lowest BCUT2D eigenvalue weighted by Crippen LogP contribution is -2.22. The Kier molecular flexibility index (Phi) is 3.68. The van der Waals surface area contributed by atoms with E-state index >= 15 is 0 Å². The van der Waals surface area contributed by atoms with E-state index in [1.165, 1.54) is 25.1 Å². The molecule has 17 heavy (non-hydrogen) atoms. The number of benzene rings is 1. The van der Waals surface area contributed by atoms with Gasteiger partial charge in [-0.05, 0) is 19.1 Å². The van der Waals surface area contributed by atoms with E-state index in [9.17, 15) is 21.9 Å². The molecule has 96 valence electrons. The molecule has 0 amide bonds. The van der Waals surface area contributed by atoms with Gasteiger partial charge >= 0.3 is 0 Å². The molecule has 0 aliphatic heterocycles. The summed E-state index contributed by atoms with van der Waals surface area (Å²) in [5, 5.41) is 8.39. The van der Waals surface area contributed by atoms with Crippen LogP contribution < -0.4 is 4.72 Å². The van der Waals surface area contributed by atoms with E-state index in [4.69, 9.17) is 0 Å². The fraction of sp³-hybridized carbons (Fsp3) is 0.333. The van der Waals surface area contributed by atoms with Gasteiger partial charge in [0.15, 0.2) is 14.9 Å². The molecule has 1 rings (SSSR count). The van der Waals surface area contributed by atoms with Crippen molar-refractivity contribution in [1.82, 2.24) is 0 Å². The molecule has 0 aromatic heterocycles. The predicted octanol–water partition coefficient (Wildman–Crippen LogP) is 0.444. The smallest absolute Gasteiger partial charge is 0.247 e. The molecule has 0 fully saturated rings. The molecule has 0 aliphatic rings. The quantitative estimate of drug-likeness (QED) is 0.833. The van der Waals surface area contributed by atoms with Gasteiger partial charge in [0.1, 0.15) is 5.75 Å². The second-order valence-corrected chi connectivity index (χ2v) is 7.94. The number of sulfonamides is 1. The number of nitrogens with one attached hydrogen (secondary N) is 1. The summed E-state index contributed by atoms with van der Waals surface area (Å²) in [6, 6.07) is 4.30. The van der Waals surface area contributed by atoms with Gasteiger partial charge in [0, 0.05) is 11.8 Å². The Morgan fingerprint density at radius 1 is 1.24 bits per heavy atom. The van der Waals surface area contributed by atoms with Crippen LogP contribution in [0.1, 0.15) is 5.56 Å². The third kappa shape index (κ3) is 4.23. The van der Waals surface area contributed by atoms with Gasteiger partial charge in [-0.1, -0.05) is 6.07 Å². The van der Waals surface area contributed by atoms with Crippen LogP contribution in [0.4, 0.5) is 5.69 Å². The normalized spacial score (nSPS) is 12.4. The van der Waals surface area contributed by atoms with Gasteiger partial charge in [-0.15, -0.1) is 0 Å². The largest absolute Gasteiger partial charge is 0.508 e. The van der Waals surface area contributed by atoms with Crippen LogP contribution in [0.3, 0.4) is 0 Å². The molecule has 0 atom stereocenters. The Morgan fingerprint density at radius 2 is 1.82 bits per heavy atom. The first-order valence-corrected chi connectivity index (χ1v) is 8.29. The van der Waals surface area contributed by atoms with Gasteiger partial charge in [-0.25, -0.2) is 16.8 Å². The van der Waals surface area contributed by atoms with Crippen molar-refractivity contribution < 1.29 is 21.9 Å². The second kappa shape index (κ2) is 4.53. The number of hydrogen-bond donors (Lipinski definition) is 2. The van der Waals surface area contributed by atoms with Crippen molar-refractivity contribution in [1.29, 1.82) is 0 Å². The minimum Gasteiger partial charge on any atom is -0.508 e. The van der Waals surface area contributed by atoms with E-state index in [0.29, 0.717) is 5.56 Å². The van der Waals surface area contributed by atoms with Crippen molar-refractivity contribution in [2.75, 3.05) is 16.1 Å². The van der Waals surface area contributed by atoms with Crippen LogP contribution in [-0.4, -0.2) is 33.3 Å². The summed E-state index contributed by atoms with van der Waals surface area (Å²) in [5.74, 6) is -0.0652. The molecule has 0 spiro atoms. The van der Waals surface area contributed by atoms with E-state index in [0.717, 1.165) is 6.26 Å². The number of phenols is 1. The third-order valence-corrected chi connectivity index (χ3v) is 5.42. The zero-order valence-electron chi connectivity index (χ0n) is 9.34. The number of anilines is 1. The molecular formula is C9H13NO5S2. The third-order valence-electron chi connectivity index (χ3n) is 1.94. The van der Waals surface area contributed by atoms with Crippen molar-refractivity contribution in [3.63, 3.8) is 0 Å². The fourth-order valence-electron chi connectivity index (χ4n) is 1.21. The minimum atomic E-state index is -3.98. The highest BCUT2D eigenvalue weighted by Gasteiger charge is 2.19. The maximum Gasteiger partial charge on any atom is 0.247 e. The summed E-state index contributed by atoms with van der Waals surface area (Å²) >= 11 is 0. The first-order valence-electron chi connectivity index (χ1n) is 4.57. The van der Waals surface area contributed by atoms with Crippen molar-refractivity contribution in [2.45, 2.75) is 6.92 Å². The Balaban J connectivity index is 3.03. The fourth-order valence-corrected chi connectivity index (χ4v) is 4.26. The highest BCUT2D eigenvalue weighted by molar-refractivity contribution is 8.08. The van der Waals surface area contributed by atoms with Crippen LogP contribution in [0.2, 0.25) is 0 Å². The van der Waals surface area contributed by atoms with Gasteiger partial charge in [0.25, 0.3) is 0 Å². The van der Waals surface area contributed by atoms with Crippen molar-refractivity contribution in [3.8, 4) is 5.75 Å². The lowest BCUT2D eigenvalue weighted by molar-refractivity contribution is 0.471. The lowest BCUT2D eigenvalue weighted by Gasteiger charge is -2.10. The van der Waals surface area contributed by atoms with Gasteiger partial charge in [0.2, 0.25) is 10.0 Å². The van der Waals surface area contributed by atoms with Crippen LogP contribution in [0, 0.1) is 6.92 Å². The molecule has 0 aliphatic carbocycles. The summed E-state index contributed by atoms with van der Waals surface area (Å²) in [5.41, 5.74) is 0.498. The predicted molar refractivity (Wildman–Crippen MR) is 65.1 cm³/mol. The number of sulfone groups is 1. The molecule has 1 aromatic rings. The van der Waals surface area contributed by atoms with Gasteiger partial charge in [-0.2, -0.15) is 0 Å². The van der Waals surface area contributed by atoms with Crippen LogP contribution in [0.25, 0.3) is 0 Å². The molecule has 1 aromatic carbocycles. The molecule has 0 bridgehead atoms. The Bertz CT molecular complexity index is 619. The van der Waals surface area contributed by atoms with Gasteiger partial charge in [0.05, 0.1) is 5.69 Å². The standard InChI is InChI=1S/C9H13NO5S2/c1-7-8(4-3-5-9(7)11)10-17(14,15)6-16(2,12)13/h3-5,10-11H,6H2,1-2H3. The van der Waals surface area contributed by atoms with E-state index in [1.54, 1.807) is 0 Å². The second-order valence-electron chi connectivity index (χ2n) is 3.71. The average molecular weight is 279 g/mol. The molecule has 0 heterocycles. The number of aromatic hydroxyl groups is 1. The maximum atomic E-state index is 11.5. The summed E-state index contributed by atoms with van der Waals surface area (Å²) in [6.07, 6.45) is 0.835. The van der Waals surface area contributed by atoms with Crippen LogP contribution in [0.15, 0.2) is 18.2 Å². The minimum absolute atomic E-state index is 0.0652. The van der Waals surface area contributed by atoms with Crippen LogP contribution >= 0.6 is 0 Å². The van der Waals surface area contributed by atoms with Crippen molar-refractivity contribution in [3.05, 3.63) is 23.8 Å². The van der Waals surface area contributed by atoms with Gasteiger partial charge in [-0.3, -0.25) is 4.72 Å². The Morgan fingerprint density at radius 3 is 2.35 bits per heavy atom. The Labute approximate surface area is 100 Å². The Hall–Kier alpha value is -1.28. The monoisotopic (exact) mass is 279 g/mol. The zero-order valence-corrected chi connectivity index (χ0v) is 11.0. The van der Waals surface area contributed by atoms with E-state index in [1.807, 2.05) is 0 Å². The SMILES string of the molecule is Cc1c(O)cccc1NS(=O)(=O)CS(C)(=O)=O. The molecule has 0 unspecified atom stereocenters. The molecular weight excluding hydrogens is 266 g/mol. The zero-order chi connectivity index (χ0) is 13.3. The molecule has 0 saturated carbocycles. The summed E-state index contributed by atoms with van der Waals surface area (Å²) in [6.45, 7) is 1.52. The first-order chi connectivity index (χ1) is 7.61. The van der Waals surface area contributed by atoms with Crippen molar-refractivity contribution >= 4 is 25.5 Å². The van der Waals surface area contributed by atoms with Crippen LogP contribution in [0.5, 0.6) is 5.75 Å². The highest BCUT2D eigenvalue weighted by Crippen LogP contribution is 2.24. The highest BCUT2D eigenvalue weighted by atomic mass is 32.3. The van der Waals surface area contributed by atoms with Gasteiger partial charge < -0.3 is 5.11 Å². The topological polar surface area (TPSA) is 101 Å².